The minimum atomic E-state index is -4.97. The van der Waals surface area contributed by atoms with E-state index in [0.29, 0.717) is 25.7 Å². The zero-order valence-electron chi connectivity index (χ0n) is 74.7. The quantitative estimate of drug-likeness (QED) is 0.0222. The first-order valence-corrected chi connectivity index (χ1v) is 51.5. The standard InChI is InChI=1S/C94H184O17P2/c1-7-9-11-13-15-17-19-21-23-25-27-29-31-33-35-40-44-48-52-60-66-72-78-93(98)110-89(82-104-91(96)76-70-64-58-51-47-43-39-34-32-30-28-26-24-22-20-18-16-14-12-10-8-2)84-108-112(100,101)106-80-88(95)81-107-113(102,103)109-85-90(83-105-92(97)77-71-65-59-55-54-57-63-69-75-87(5)6)111-94(99)79-73-67-61-53-49-45-41-37-36-38-42-46-50-56-62-68-74-86(3)4/h86-90,95H,7-85H2,1-6H3,(H,100,101)(H,102,103)/t88-,89-,90-/m1/s1. The molecule has 0 spiro atoms. The van der Waals surface area contributed by atoms with Gasteiger partial charge in [0.25, 0.3) is 0 Å². The highest BCUT2D eigenvalue weighted by Gasteiger charge is 2.31. The Bertz CT molecular complexity index is 2150. The number of unbranched alkanes of at least 4 members (excludes halogenated alkanes) is 63. The highest BCUT2D eigenvalue weighted by molar-refractivity contribution is 7.47. The minimum Gasteiger partial charge on any atom is -0.462 e. The summed E-state index contributed by atoms with van der Waals surface area (Å²) in [6, 6.07) is 0. The third-order valence-corrected chi connectivity index (χ3v) is 24.1. The number of carbonyl (C=O) groups excluding carboxylic acids is 4. The maximum absolute atomic E-state index is 13.2. The van der Waals surface area contributed by atoms with E-state index < -0.39 is 97.5 Å². The van der Waals surface area contributed by atoms with E-state index in [0.717, 1.165) is 102 Å². The average Bonchev–Trinajstić information content (AvgIpc) is 0.894. The maximum Gasteiger partial charge on any atom is 0.472 e. The van der Waals surface area contributed by atoms with Crippen molar-refractivity contribution in [1.82, 2.24) is 0 Å². The van der Waals surface area contributed by atoms with Gasteiger partial charge < -0.3 is 33.8 Å². The number of aliphatic hydroxyl groups is 1. The first-order valence-electron chi connectivity index (χ1n) is 48.5. The predicted molar refractivity (Wildman–Crippen MR) is 469 cm³/mol. The fourth-order valence-electron chi connectivity index (χ4n) is 14.8. The van der Waals surface area contributed by atoms with Gasteiger partial charge in [0.05, 0.1) is 26.4 Å². The van der Waals surface area contributed by atoms with E-state index in [1.807, 2.05) is 0 Å². The van der Waals surface area contributed by atoms with Gasteiger partial charge in [0.2, 0.25) is 0 Å². The molecule has 113 heavy (non-hydrogen) atoms. The van der Waals surface area contributed by atoms with Crippen LogP contribution in [0.1, 0.15) is 510 Å². The molecule has 0 aromatic carbocycles. The molecule has 0 amide bonds. The molecule has 17 nitrogen and oxygen atoms in total. The lowest BCUT2D eigenvalue weighted by atomic mass is 10.0. The normalized spacial score (nSPS) is 13.7. The van der Waals surface area contributed by atoms with Crippen LogP contribution in [0, 0.1) is 11.8 Å². The van der Waals surface area contributed by atoms with Crippen LogP contribution >= 0.6 is 15.6 Å². The number of hydrogen-bond acceptors (Lipinski definition) is 15. The summed E-state index contributed by atoms with van der Waals surface area (Å²) in [4.78, 5) is 73.5. The molecule has 0 aliphatic rings. The largest absolute Gasteiger partial charge is 0.472 e. The van der Waals surface area contributed by atoms with Gasteiger partial charge in [-0.05, 0) is 37.5 Å². The molecule has 0 fully saturated rings. The molecule has 0 bridgehead atoms. The molecule has 3 N–H and O–H groups in total. The second kappa shape index (κ2) is 85.1. The third-order valence-electron chi connectivity index (χ3n) is 22.2. The Morgan fingerprint density at radius 2 is 0.407 bits per heavy atom. The fourth-order valence-corrected chi connectivity index (χ4v) is 16.4. The molecule has 0 aliphatic heterocycles. The van der Waals surface area contributed by atoms with Gasteiger partial charge in [0, 0.05) is 25.7 Å². The van der Waals surface area contributed by atoms with Gasteiger partial charge in [-0.25, -0.2) is 9.13 Å². The van der Waals surface area contributed by atoms with Crippen LogP contribution in [-0.4, -0.2) is 96.7 Å². The van der Waals surface area contributed by atoms with Gasteiger partial charge in [-0.3, -0.25) is 37.3 Å². The van der Waals surface area contributed by atoms with Gasteiger partial charge >= 0.3 is 39.5 Å². The van der Waals surface area contributed by atoms with Crippen LogP contribution in [-0.2, 0) is 65.4 Å². The monoisotopic (exact) mass is 1650 g/mol. The molecule has 19 heteroatoms. The Kier molecular flexibility index (Phi) is 83.6. The highest BCUT2D eigenvalue weighted by Crippen LogP contribution is 2.45. The van der Waals surface area contributed by atoms with Crippen LogP contribution in [0.2, 0.25) is 0 Å². The SMILES string of the molecule is CCCCCCCCCCCCCCCCCCCCCCCCC(=O)O[C@H](COC(=O)CCCCCCCCCCCCCCCCCCCCCCC)COP(=O)(O)OC[C@@H](O)COP(=O)(O)OC[C@@H](COC(=O)CCCCCCCCCCC(C)C)OC(=O)CCCCCCCCCCCCCCCCCCC(C)C. The van der Waals surface area contributed by atoms with Gasteiger partial charge in [0.15, 0.2) is 12.2 Å². The summed E-state index contributed by atoms with van der Waals surface area (Å²) in [5.74, 6) is -0.559. The number of ether oxygens (including phenoxy) is 4. The lowest BCUT2D eigenvalue weighted by Gasteiger charge is -2.21. The fraction of sp³-hybridized carbons (Fsp3) is 0.957. The summed E-state index contributed by atoms with van der Waals surface area (Å²) < 4.78 is 69.1. The molecule has 0 heterocycles. The van der Waals surface area contributed by atoms with Crippen LogP contribution in [0.4, 0.5) is 0 Å². The lowest BCUT2D eigenvalue weighted by molar-refractivity contribution is -0.161. The summed E-state index contributed by atoms with van der Waals surface area (Å²) in [5.41, 5.74) is 0. The van der Waals surface area contributed by atoms with Crippen LogP contribution in [0.3, 0.4) is 0 Å². The molecule has 0 rings (SSSR count). The topological polar surface area (TPSA) is 237 Å². The smallest absolute Gasteiger partial charge is 0.462 e. The minimum absolute atomic E-state index is 0.108. The Labute approximate surface area is 696 Å². The van der Waals surface area contributed by atoms with Gasteiger partial charge in [-0.1, -0.05) is 459 Å². The molecule has 0 saturated carbocycles. The molecule has 672 valence electrons. The molecule has 2 unspecified atom stereocenters. The van der Waals surface area contributed by atoms with Crippen molar-refractivity contribution in [3.8, 4) is 0 Å². The number of rotatable bonds is 93. The summed E-state index contributed by atoms with van der Waals surface area (Å²) in [5, 5.41) is 10.7. The van der Waals surface area contributed by atoms with Crippen molar-refractivity contribution in [3.05, 3.63) is 0 Å². The third kappa shape index (κ3) is 87.7. The van der Waals surface area contributed by atoms with E-state index in [1.54, 1.807) is 0 Å². The predicted octanol–water partition coefficient (Wildman–Crippen LogP) is 29.4. The second-order valence-corrected chi connectivity index (χ2v) is 37.6. The lowest BCUT2D eigenvalue weighted by Crippen LogP contribution is -2.30. The van der Waals surface area contributed by atoms with Crippen LogP contribution in [0.15, 0.2) is 0 Å². The number of phosphoric acid groups is 2. The molecule has 5 atom stereocenters. The number of aliphatic hydroxyl groups excluding tert-OH is 1. The molecule has 0 radical (unpaired) electrons. The number of hydrogen-bond donors (Lipinski definition) is 3. The van der Waals surface area contributed by atoms with Crippen molar-refractivity contribution in [2.45, 2.75) is 529 Å². The van der Waals surface area contributed by atoms with E-state index in [4.69, 9.17) is 37.0 Å². The molecular formula is C94H184O17P2. The molecule has 0 aliphatic carbocycles. The van der Waals surface area contributed by atoms with E-state index in [2.05, 4.69) is 41.5 Å². The summed E-state index contributed by atoms with van der Waals surface area (Å²) in [7, 11) is -9.94. The van der Waals surface area contributed by atoms with Gasteiger partial charge in [-0.15, -0.1) is 0 Å². The first kappa shape index (κ1) is 111. The molecule has 0 aromatic rings. The zero-order chi connectivity index (χ0) is 82.7. The van der Waals surface area contributed by atoms with Crippen molar-refractivity contribution in [3.63, 3.8) is 0 Å². The highest BCUT2D eigenvalue weighted by atomic mass is 31.2. The Balaban J connectivity index is 5.22. The van der Waals surface area contributed by atoms with E-state index >= 15 is 0 Å². The van der Waals surface area contributed by atoms with Crippen molar-refractivity contribution in [2.24, 2.45) is 11.8 Å². The number of carbonyl (C=O) groups is 4. The van der Waals surface area contributed by atoms with E-state index in [-0.39, 0.29) is 25.7 Å². The summed E-state index contributed by atoms with van der Waals surface area (Å²) in [6.07, 6.45) is 80.9. The second-order valence-electron chi connectivity index (χ2n) is 34.7. The van der Waals surface area contributed by atoms with E-state index in [9.17, 15) is 43.2 Å². The van der Waals surface area contributed by atoms with Crippen LogP contribution in [0.25, 0.3) is 0 Å². The van der Waals surface area contributed by atoms with Crippen molar-refractivity contribution in [2.75, 3.05) is 39.6 Å². The van der Waals surface area contributed by atoms with Crippen molar-refractivity contribution in [1.29, 1.82) is 0 Å². The average molecular weight is 1650 g/mol. The zero-order valence-corrected chi connectivity index (χ0v) is 76.5. The summed E-state index contributed by atoms with van der Waals surface area (Å²) >= 11 is 0. The van der Waals surface area contributed by atoms with Crippen molar-refractivity contribution >= 4 is 39.5 Å². The first-order chi connectivity index (χ1) is 54.9. The Morgan fingerprint density at radius 3 is 0.602 bits per heavy atom. The maximum atomic E-state index is 13.2. The van der Waals surface area contributed by atoms with Crippen LogP contribution in [0.5, 0.6) is 0 Å². The van der Waals surface area contributed by atoms with Gasteiger partial charge in [0.1, 0.15) is 19.3 Å². The van der Waals surface area contributed by atoms with Crippen LogP contribution < -0.4 is 0 Å². The Hall–Kier alpha value is -1.94. The van der Waals surface area contributed by atoms with Crippen molar-refractivity contribution < 1.29 is 80.2 Å². The number of phosphoric ester groups is 2. The van der Waals surface area contributed by atoms with E-state index in [1.165, 1.54) is 327 Å². The van der Waals surface area contributed by atoms with Gasteiger partial charge in [-0.2, -0.15) is 0 Å². The Morgan fingerprint density at radius 1 is 0.239 bits per heavy atom. The molecule has 0 aromatic heterocycles. The number of esters is 4. The summed E-state index contributed by atoms with van der Waals surface area (Å²) in [6.45, 7) is 9.71. The molecule has 0 saturated heterocycles. The molecular weight excluding hydrogens is 1460 g/mol.